The fourth-order valence-corrected chi connectivity index (χ4v) is 2.25. The number of amides is 2. The summed E-state index contributed by atoms with van der Waals surface area (Å²) in [4.78, 5) is 39.1. The molecule has 3 N–H and O–H groups in total. The van der Waals surface area contributed by atoms with E-state index in [2.05, 4.69) is 4.98 Å². The minimum Gasteiger partial charge on any atom is -0.384 e. The van der Waals surface area contributed by atoms with E-state index in [0.717, 1.165) is 11.3 Å². The van der Waals surface area contributed by atoms with E-state index in [1.807, 2.05) is 0 Å². The van der Waals surface area contributed by atoms with Gasteiger partial charge < -0.3 is 20.4 Å². The summed E-state index contributed by atoms with van der Waals surface area (Å²) in [6.45, 7) is 1.29. The lowest BCUT2D eigenvalue weighted by molar-refractivity contribution is -0.133. The third-order valence-electron chi connectivity index (χ3n) is 3.35. The van der Waals surface area contributed by atoms with Crippen molar-refractivity contribution in [2.75, 3.05) is 20.3 Å². The number of aromatic amines is 1. The van der Waals surface area contributed by atoms with Crippen molar-refractivity contribution in [3.63, 3.8) is 0 Å². The molecule has 0 spiro atoms. The van der Waals surface area contributed by atoms with Crippen molar-refractivity contribution in [2.24, 2.45) is 5.73 Å². The summed E-state index contributed by atoms with van der Waals surface area (Å²) in [5, 5.41) is 0. The van der Waals surface area contributed by atoms with Crippen LogP contribution in [0.4, 0.5) is 0 Å². The van der Waals surface area contributed by atoms with Crippen LogP contribution < -0.4 is 11.3 Å². The third kappa shape index (κ3) is 2.88. The molecule has 0 aliphatic carbocycles. The highest BCUT2D eigenvalue weighted by Gasteiger charge is 2.22. The van der Waals surface area contributed by atoms with E-state index >= 15 is 0 Å². The van der Waals surface area contributed by atoms with Gasteiger partial charge in [-0.05, 0) is 11.6 Å². The molecule has 0 unspecified atom stereocenters. The molecule has 2 heterocycles. The van der Waals surface area contributed by atoms with Crippen LogP contribution in [0.2, 0.25) is 0 Å². The van der Waals surface area contributed by atoms with Crippen molar-refractivity contribution in [3.05, 3.63) is 33.2 Å². The van der Waals surface area contributed by atoms with E-state index in [0.29, 0.717) is 32.5 Å². The molecule has 0 aromatic carbocycles. The highest BCUT2D eigenvalue weighted by atomic mass is 16.5. The van der Waals surface area contributed by atoms with Gasteiger partial charge in [-0.25, -0.2) is 0 Å². The van der Waals surface area contributed by atoms with Crippen LogP contribution in [-0.2, 0) is 22.5 Å². The second kappa shape index (κ2) is 5.87. The minimum absolute atomic E-state index is 0.00988. The first-order chi connectivity index (χ1) is 9.52. The summed E-state index contributed by atoms with van der Waals surface area (Å²) in [6.07, 6.45) is 0.875. The highest BCUT2D eigenvalue weighted by molar-refractivity contribution is 5.92. The monoisotopic (exact) mass is 279 g/mol. The van der Waals surface area contributed by atoms with Gasteiger partial charge in [-0.15, -0.1) is 0 Å². The lowest BCUT2D eigenvalue weighted by Gasteiger charge is -2.28. The van der Waals surface area contributed by atoms with Crippen molar-refractivity contribution in [3.8, 4) is 0 Å². The summed E-state index contributed by atoms with van der Waals surface area (Å²) in [6, 6.07) is 1.48. The number of nitrogens with zero attached hydrogens (tertiary/aromatic N) is 1. The SMILES string of the molecule is COCCC(=O)N1CCc2[nH]c(=O)c(C(N)=O)cc2C1. The lowest BCUT2D eigenvalue weighted by atomic mass is 10.0. The standard InChI is InChI=1S/C13H17N3O4/c1-20-5-3-11(17)16-4-2-10-8(7-16)6-9(12(14)18)13(19)15-10/h6H,2-5,7H2,1H3,(H2,14,18)(H,15,19). The number of fused-ring (bicyclic) bond motifs is 1. The zero-order valence-corrected chi connectivity index (χ0v) is 11.3. The predicted octanol–water partition coefficient (Wildman–Crippen LogP) is -0.605. The Morgan fingerprint density at radius 1 is 1.50 bits per heavy atom. The van der Waals surface area contributed by atoms with E-state index < -0.39 is 11.5 Å². The van der Waals surface area contributed by atoms with Crippen LogP contribution in [-0.4, -0.2) is 42.0 Å². The average molecular weight is 279 g/mol. The molecule has 1 aromatic rings. The molecule has 7 nitrogen and oxygen atoms in total. The summed E-state index contributed by atoms with van der Waals surface area (Å²) in [7, 11) is 1.54. The zero-order valence-electron chi connectivity index (χ0n) is 11.3. The summed E-state index contributed by atoms with van der Waals surface area (Å²) >= 11 is 0. The van der Waals surface area contributed by atoms with E-state index in [4.69, 9.17) is 10.5 Å². The van der Waals surface area contributed by atoms with Gasteiger partial charge in [0.25, 0.3) is 11.5 Å². The number of H-pyrrole nitrogens is 1. The molecular formula is C13H17N3O4. The van der Waals surface area contributed by atoms with E-state index in [1.165, 1.54) is 6.07 Å². The molecule has 0 bridgehead atoms. The fraction of sp³-hybridized carbons (Fsp3) is 0.462. The number of nitrogens with two attached hydrogens (primary N) is 1. The van der Waals surface area contributed by atoms with Crippen LogP contribution in [0, 0.1) is 0 Å². The number of rotatable bonds is 4. The summed E-state index contributed by atoms with van der Waals surface area (Å²) in [5.41, 5.74) is 6.12. The predicted molar refractivity (Wildman–Crippen MR) is 71.2 cm³/mol. The molecule has 7 heteroatoms. The molecule has 0 fully saturated rings. The van der Waals surface area contributed by atoms with Crippen molar-refractivity contribution >= 4 is 11.8 Å². The van der Waals surface area contributed by atoms with Crippen molar-refractivity contribution < 1.29 is 14.3 Å². The number of pyridine rings is 1. The van der Waals surface area contributed by atoms with E-state index in [-0.39, 0.29) is 11.5 Å². The second-order valence-corrected chi connectivity index (χ2v) is 4.69. The quantitative estimate of drug-likeness (QED) is 0.767. The normalized spacial score (nSPS) is 13.9. The second-order valence-electron chi connectivity index (χ2n) is 4.69. The minimum atomic E-state index is -0.767. The van der Waals surface area contributed by atoms with Gasteiger partial charge in [0.1, 0.15) is 5.56 Å². The first-order valence-corrected chi connectivity index (χ1v) is 6.34. The number of hydrogen-bond acceptors (Lipinski definition) is 4. The largest absolute Gasteiger partial charge is 0.384 e. The highest BCUT2D eigenvalue weighted by Crippen LogP contribution is 2.17. The molecule has 1 aliphatic heterocycles. The van der Waals surface area contributed by atoms with E-state index in [1.54, 1.807) is 12.0 Å². The van der Waals surface area contributed by atoms with Gasteiger partial charge >= 0.3 is 0 Å². The average Bonchev–Trinajstić information content (AvgIpc) is 2.43. The van der Waals surface area contributed by atoms with Crippen LogP contribution in [0.3, 0.4) is 0 Å². The van der Waals surface area contributed by atoms with Crippen molar-refractivity contribution in [1.29, 1.82) is 0 Å². The molecule has 1 aromatic heterocycles. The van der Waals surface area contributed by atoms with Crippen LogP contribution >= 0.6 is 0 Å². The maximum absolute atomic E-state index is 11.9. The Balaban J connectivity index is 2.21. The van der Waals surface area contributed by atoms with Gasteiger partial charge in [0.2, 0.25) is 5.91 Å². The Labute approximate surface area is 115 Å². The third-order valence-corrected chi connectivity index (χ3v) is 3.35. The number of carbonyl (C=O) groups excluding carboxylic acids is 2. The molecule has 1 aliphatic rings. The zero-order chi connectivity index (χ0) is 14.7. The molecule has 108 valence electrons. The first kappa shape index (κ1) is 14.3. The Bertz CT molecular complexity index is 594. The number of ether oxygens (including phenoxy) is 1. The molecule has 2 rings (SSSR count). The summed E-state index contributed by atoms with van der Waals surface area (Å²) < 4.78 is 4.88. The molecule has 0 saturated heterocycles. The van der Waals surface area contributed by atoms with Gasteiger partial charge in [0.05, 0.1) is 13.0 Å². The molecule has 0 radical (unpaired) electrons. The molecular weight excluding hydrogens is 262 g/mol. The van der Waals surface area contributed by atoms with Gasteiger partial charge in [0.15, 0.2) is 0 Å². The van der Waals surface area contributed by atoms with Gasteiger partial charge in [-0.2, -0.15) is 0 Å². The van der Waals surface area contributed by atoms with Gasteiger partial charge in [-0.1, -0.05) is 0 Å². The summed E-state index contributed by atoms with van der Waals surface area (Å²) in [5.74, 6) is -0.777. The maximum atomic E-state index is 11.9. The van der Waals surface area contributed by atoms with Gasteiger partial charge in [-0.3, -0.25) is 14.4 Å². The smallest absolute Gasteiger partial charge is 0.261 e. The molecule has 2 amide bonds. The maximum Gasteiger partial charge on any atom is 0.261 e. The number of hydrogen-bond donors (Lipinski definition) is 2. The Kier molecular flexibility index (Phi) is 4.19. The fourth-order valence-electron chi connectivity index (χ4n) is 2.25. The molecule has 0 saturated carbocycles. The number of primary amides is 1. The Hall–Kier alpha value is -2.15. The van der Waals surface area contributed by atoms with Crippen molar-refractivity contribution in [2.45, 2.75) is 19.4 Å². The Morgan fingerprint density at radius 2 is 2.25 bits per heavy atom. The topological polar surface area (TPSA) is 105 Å². The molecule has 0 atom stereocenters. The lowest BCUT2D eigenvalue weighted by Crippen LogP contribution is -2.38. The number of carbonyl (C=O) groups is 2. The van der Waals surface area contributed by atoms with Gasteiger partial charge in [0, 0.05) is 32.3 Å². The number of methoxy groups -OCH3 is 1. The van der Waals surface area contributed by atoms with Crippen LogP contribution in [0.1, 0.15) is 28.0 Å². The van der Waals surface area contributed by atoms with Crippen LogP contribution in [0.15, 0.2) is 10.9 Å². The Morgan fingerprint density at radius 3 is 2.90 bits per heavy atom. The first-order valence-electron chi connectivity index (χ1n) is 6.34. The molecule has 20 heavy (non-hydrogen) atoms. The van der Waals surface area contributed by atoms with Crippen molar-refractivity contribution in [1.82, 2.24) is 9.88 Å². The van der Waals surface area contributed by atoms with Crippen LogP contribution in [0.25, 0.3) is 0 Å². The van der Waals surface area contributed by atoms with E-state index in [9.17, 15) is 14.4 Å². The number of nitrogens with one attached hydrogen (secondary N) is 1. The number of aromatic nitrogens is 1. The van der Waals surface area contributed by atoms with Crippen LogP contribution in [0.5, 0.6) is 0 Å².